The first-order chi connectivity index (χ1) is 17.2. The standard InChI is InChI=1S/C23H23F4N7O2/c1-13(35)32-6-4-18(23(26,27)11-32)29-22-30-21(36-2)20-15(3-7-34(20)31-22)14-9-16(25)19-17(10-14)33(8-5-24)12-28-19/h3,7,9-10,12,18H,4-6,8,11H2,1-2H3,(H,29,31)/t18-/m1/s1. The Hall–Kier alpha value is -3.90. The minimum Gasteiger partial charge on any atom is -0.479 e. The van der Waals surface area contributed by atoms with Crippen molar-refractivity contribution in [2.45, 2.75) is 31.9 Å². The number of benzene rings is 1. The summed E-state index contributed by atoms with van der Waals surface area (Å²) in [6, 6.07) is 3.38. The van der Waals surface area contributed by atoms with Crippen LogP contribution in [-0.2, 0) is 11.3 Å². The molecule has 0 aliphatic carbocycles. The van der Waals surface area contributed by atoms with Gasteiger partial charge in [0.25, 0.3) is 5.92 Å². The second-order valence-corrected chi connectivity index (χ2v) is 8.61. The molecule has 0 unspecified atom stereocenters. The van der Waals surface area contributed by atoms with Gasteiger partial charge in [-0.25, -0.2) is 27.1 Å². The van der Waals surface area contributed by atoms with E-state index in [1.54, 1.807) is 18.3 Å². The van der Waals surface area contributed by atoms with Gasteiger partial charge >= 0.3 is 0 Å². The first kappa shape index (κ1) is 23.8. The summed E-state index contributed by atoms with van der Waals surface area (Å²) < 4.78 is 65.5. The molecule has 1 N–H and O–H groups in total. The van der Waals surface area contributed by atoms with E-state index in [2.05, 4.69) is 20.4 Å². The molecule has 1 fully saturated rings. The zero-order valence-electron chi connectivity index (χ0n) is 19.5. The fourth-order valence-corrected chi connectivity index (χ4v) is 4.52. The number of hydrogen-bond donors (Lipinski definition) is 1. The SMILES string of the molecule is COc1nc(N[C@@H]2CCN(C(C)=O)CC2(F)F)nn2ccc(-c3cc(F)c4ncn(CCF)c4c3)c12. The maximum Gasteiger partial charge on any atom is 0.285 e. The molecular weight excluding hydrogens is 482 g/mol. The summed E-state index contributed by atoms with van der Waals surface area (Å²) in [5.41, 5.74) is 1.96. The van der Waals surface area contributed by atoms with E-state index < -0.39 is 36.9 Å². The topological polar surface area (TPSA) is 89.6 Å². The molecule has 1 aliphatic rings. The van der Waals surface area contributed by atoms with Crippen molar-refractivity contribution in [2.24, 2.45) is 0 Å². The highest BCUT2D eigenvalue weighted by atomic mass is 19.3. The molecule has 13 heteroatoms. The number of alkyl halides is 3. The Labute approximate surface area is 202 Å². The van der Waals surface area contributed by atoms with Crippen molar-refractivity contribution in [3.8, 4) is 17.0 Å². The number of imidazole rings is 1. The van der Waals surface area contributed by atoms with Gasteiger partial charge in [-0.05, 0) is 30.2 Å². The summed E-state index contributed by atoms with van der Waals surface area (Å²) in [6.07, 6.45) is 2.98. The number of halogens is 4. The van der Waals surface area contributed by atoms with Crippen molar-refractivity contribution in [2.75, 3.05) is 32.2 Å². The average molecular weight is 505 g/mol. The van der Waals surface area contributed by atoms with E-state index in [4.69, 9.17) is 4.74 Å². The molecule has 1 aliphatic heterocycles. The van der Waals surface area contributed by atoms with Gasteiger partial charge in [0.1, 0.15) is 17.7 Å². The predicted molar refractivity (Wildman–Crippen MR) is 123 cm³/mol. The van der Waals surface area contributed by atoms with Crippen LogP contribution in [0.4, 0.5) is 23.5 Å². The lowest BCUT2D eigenvalue weighted by atomic mass is 10.0. The van der Waals surface area contributed by atoms with Gasteiger partial charge < -0.3 is 19.5 Å². The lowest BCUT2D eigenvalue weighted by Gasteiger charge is -2.38. The normalized spacial score (nSPS) is 17.6. The van der Waals surface area contributed by atoms with E-state index in [9.17, 15) is 22.4 Å². The number of carbonyl (C=O) groups excluding carboxylic acids is 1. The third-order valence-electron chi connectivity index (χ3n) is 6.34. The van der Waals surface area contributed by atoms with Gasteiger partial charge in [0.05, 0.1) is 38.1 Å². The smallest absolute Gasteiger partial charge is 0.285 e. The number of fused-ring (bicyclic) bond motifs is 2. The number of hydrogen-bond acceptors (Lipinski definition) is 6. The quantitative estimate of drug-likeness (QED) is 0.404. The number of piperidine rings is 1. The number of amides is 1. The number of likely N-dealkylation sites (tertiary alicyclic amines) is 1. The third kappa shape index (κ3) is 4.07. The molecule has 9 nitrogen and oxygen atoms in total. The van der Waals surface area contributed by atoms with Crippen molar-refractivity contribution >= 4 is 28.4 Å². The molecule has 1 aromatic carbocycles. The summed E-state index contributed by atoms with van der Waals surface area (Å²) in [4.78, 5) is 20.9. The Morgan fingerprint density at radius 2 is 2.14 bits per heavy atom. The molecule has 4 heterocycles. The number of nitrogens with zero attached hydrogens (tertiary/aromatic N) is 6. The van der Waals surface area contributed by atoms with Crippen LogP contribution < -0.4 is 10.1 Å². The molecule has 1 atom stereocenters. The van der Waals surface area contributed by atoms with Gasteiger partial charge in [-0.1, -0.05) is 0 Å². The van der Waals surface area contributed by atoms with Crippen molar-refractivity contribution in [3.05, 3.63) is 36.5 Å². The number of aromatic nitrogens is 5. The maximum atomic E-state index is 14.8. The van der Waals surface area contributed by atoms with Crippen molar-refractivity contribution < 1.29 is 27.1 Å². The second-order valence-electron chi connectivity index (χ2n) is 8.61. The number of nitrogens with one attached hydrogen (secondary N) is 1. The van der Waals surface area contributed by atoms with Crippen LogP contribution in [0.15, 0.2) is 30.7 Å². The molecule has 4 aromatic rings. The minimum atomic E-state index is -3.19. The Bertz CT molecular complexity index is 1450. The van der Waals surface area contributed by atoms with Crippen molar-refractivity contribution in [1.82, 2.24) is 29.0 Å². The van der Waals surface area contributed by atoms with Gasteiger partial charge in [0.2, 0.25) is 17.7 Å². The number of aryl methyl sites for hydroxylation is 1. The Kier molecular flexibility index (Phi) is 5.92. The van der Waals surface area contributed by atoms with E-state index >= 15 is 0 Å². The van der Waals surface area contributed by atoms with E-state index in [1.807, 2.05) is 0 Å². The Morgan fingerprint density at radius 3 is 2.83 bits per heavy atom. The average Bonchev–Trinajstić information content (AvgIpc) is 3.44. The molecule has 0 spiro atoms. The van der Waals surface area contributed by atoms with Crippen molar-refractivity contribution in [3.63, 3.8) is 0 Å². The second kappa shape index (κ2) is 8.95. The van der Waals surface area contributed by atoms with Gasteiger partial charge in [0, 0.05) is 25.2 Å². The summed E-state index contributed by atoms with van der Waals surface area (Å²) in [5, 5.41) is 6.98. The summed E-state index contributed by atoms with van der Waals surface area (Å²) in [5.74, 6) is -4.15. The van der Waals surface area contributed by atoms with E-state index in [-0.39, 0.29) is 36.9 Å². The third-order valence-corrected chi connectivity index (χ3v) is 6.34. The van der Waals surface area contributed by atoms with Gasteiger partial charge in [-0.15, -0.1) is 5.10 Å². The molecule has 1 saturated heterocycles. The molecule has 0 saturated carbocycles. The summed E-state index contributed by atoms with van der Waals surface area (Å²) in [7, 11) is 1.38. The molecule has 3 aromatic heterocycles. The van der Waals surface area contributed by atoms with Crippen LogP contribution in [0.5, 0.6) is 5.88 Å². The molecule has 190 valence electrons. The highest BCUT2D eigenvalue weighted by Crippen LogP contribution is 2.35. The van der Waals surface area contributed by atoms with Gasteiger partial charge in [-0.2, -0.15) is 4.98 Å². The first-order valence-electron chi connectivity index (χ1n) is 11.3. The fraction of sp³-hybridized carbons (Fsp3) is 0.391. The zero-order chi connectivity index (χ0) is 25.6. The lowest BCUT2D eigenvalue weighted by molar-refractivity contribution is -0.140. The minimum absolute atomic E-state index is 0.0130. The van der Waals surface area contributed by atoms with Crippen LogP contribution in [0.25, 0.3) is 27.7 Å². The van der Waals surface area contributed by atoms with Crippen LogP contribution in [0.1, 0.15) is 13.3 Å². The van der Waals surface area contributed by atoms with E-state index in [0.29, 0.717) is 22.2 Å². The zero-order valence-corrected chi connectivity index (χ0v) is 19.5. The maximum absolute atomic E-state index is 14.8. The number of anilines is 1. The Balaban J connectivity index is 1.51. The van der Waals surface area contributed by atoms with E-state index in [1.165, 1.54) is 35.5 Å². The Morgan fingerprint density at radius 1 is 1.33 bits per heavy atom. The van der Waals surface area contributed by atoms with Gasteiger partial charge in [0.15, 0.2) is 5.82 Å². The molecule has 1 amide bonds. The fourth-order valence-electron chi connectivity index (χ4n) is 4.52. The molecule has 5 rings (SSSR count). The lowest BCUT2D eigenvalue weighted by Crippen LogP contribution is -2.55. The predicted octanol–water partition coefficient (Wildman–Crippen LogP) is 3.53. The van der Waals surface area contributed by atoms with Crippen molar-refractivity contribution in [1.29, 1.82) is 0 Å². The van der Waals surface area contributed by atoms with E-state index in [0.717, 1.165) is 4.90 Å². The highest BCUT2D eigenvalue weighted by Gasteiger charge is 2.45. The molecule has 0 radical (unpaired) electrons. The number of carbonyl (C=O) groups is 1. The molecule has 36 heavy (non-hydrogen) atoms. The van der Waals surface area contributed by atoms with Gasteiger partial charge in [-0.3, -0.25) is 4.79 Å². The number of ether oxygens (including phenoxy) is 1. The van der Waals surface area contributed by atoms with Crippen LogP contribution >= 0.6 is 0 Å². The van der Waals surface area contributed by atoms with Crippen LogP contribution in [0.2, 0.25) is 0 Å². The van der Waals surface area contributed by atoms with Crippen LogP contribution in [0.3, 0.4) is 0 Å². The molecular formula is C23H23F4N7O2. The monoisotopic (exact) mass is 505 g/mol. The van der Waals surface area contributed by atoms with Crippen LogP contribution in [0, 0.1) is 5.82 Å². The first-order valence-corrected chi connectivity index (χ1v) is 11.3. The number of methoxy groups -OCH3 is 1. The largest absolute Gasteiger partial charge is 0.479 e. The summed E-state index contributed by atoms with van der Waals surface area (Å²) >= 11 is 0. The number of rotatable bonds is 6. The van der Waals surface area contributed by atoms with Crippen LogP contribution in [-0.4, -0.2) is 73.8 Å². The summed E-state index contributed by atoms with van der Waals surface area (Å²) in [6.45, 7) is 0.153. The molecule has 0 bridgehead atoms. The highest BCUT2D eigenvalue weighted by molar-refractivity contribution is 5.90.